The van der Waals surface area contributed by atoms with E-state index in [9.17, 15) is 14.0 Å². The smallest absolute Gasteiger partial charge is 0.235 e. The van der Waals surface area contributed by atoms with Crippen LogP contribution in [0.2, 0.25) is 0 Å². The Morgan fingerprint density at radius 3 is 2.83 bits per heavy atom. The Morgan fingerprint density at radius 1 is 1.29 bits per heavy atom. The monoisotopic (exact) mass is 331 g/mol. The van der Waals surface area contributed by atoms with Crippen molar-refractivity contribution in [3.05, 3.63) is 24.5 Å². The van der Waals surface area contributed by atoms with E-state index in [2.05, 4.69) is 4.98 Å². The van der Waals surface area contributed by atoms with Gasteiger partial charge in [0, 0.05) is 31.7 Å². The molecule has 1 aromatic rings. The number of piperidine rings is 1. The van der Waals surface area contributed by atoms with E-state index < -0.39 is 11.6 Å². The molecule has 0 aromatic carbocycles. The van der Waals surface area contributed by atoms with Crippen LogP contribution < -0.4 is 4.90 Å². The molecule has 2 saturated heterocycles. The fourth-order valence-electron chi connectivity index (χ4n) is 4.29. The summed E-state index contributed by atoms with van der Waals surface area (Å²) in [7, 11) is 0. The number of anilines is 1. The second-order valence-corrected chi connectivity index (χ2v) is 7.33. The molecule has 0 radical (unpaired) electrons. The molecule has 6 heteroatoms. The number of likely N-dealkylation sites (tertiary alicyclic amines) is 1. The van der Waals surface area contributed by atoms with Crippen molar-refractivity contribution in [3.63, 3.8) is 0 Å². The highest BCUT2D eigenvalue weighted by molar-refractivity contribution is 6.00. The fraction of sp³-hybridized carbons (Fsp3) is 0.611. The van der Waals surface area contributed by atoms with Gasteiger partial charge in [0.15, 0.2) is 0 Å². The van der Waals surface area contributed by atoms with Gasteiger partial charge in [0.1, 0.15) is 6.17 Å². The van der Waals surface area contributed by atoms with Crippen LogP contribution in [0.4, 0.5) is 10.1 Å². The molecule has 1 aromatic heterocycles. The summed E-state index contributed by atoms with van der Waals surface area (Å²) in [5, 5.41) is 0. The molecule has 1 atom stereocenters. The van der Waals surface area contributed by atoms with Gasteiger partial charge in [0.05, 0.1) is 17.3 Å². The molecule has 1 saturated carbocycles. The number of hydrogen-bond donors (Lipinski definition) is 0. The summed E-state index contributed by atoms with van der Waals surface area (Å²) in [6, 6.07) is 3.72. The van der Waals surface area contributed by atoms with Crippen molar-refractivity contribution in [1.29, 1.82) is 0 Å². The minimum Gasteiger partial charge on any atom is -0.341 e. The summed E-state index contributed by atoms with van der Waals surface area (Å²) in [5.41, 5.74) is 0.352. The summed E-state index contributed by atoms with van der Waals surface area (Å²) < 4.78 is 13.1. The van der Waals surface area contributed by atoms with Gasteiger partial charge in [0.2, 0.25) is 11.8 Å². The Labute approximate surface area is 140 Å². The zero-order valence-corrected chi connectivity index (χ0v) is 13.7. The molecule has 1 spiro atoms. The molecular weight excluding hydrogens is 309 g/mol. The number of carbonyl (C=O) groups excluding carboxylic acids is 2. The van der Waals surface area contributed by atoms with Gasteiger partial charge < -0.3 is 9.80 Å². The van der Waals surface area contributed by atoms with Gasteiger partial charge in [-0.15, -0.1) is 0 Å². The van der Waals surface area contributed by atoms with E-state index in [0.29, 0.717) is 32.5 Å². The largest absolute Gasteiger partial charge is 0.341 e. The number of carbonyl (C=O) groups is 2. The maximum Gasteiger partial charge on any atom is 0.235 e. The number of hydrogen-bond acceptors (Lipinski definition) is 3. The van der Waals surface area contributed by atoms with Gasteiger partial charge in [-0.25, -0.2) is 4.39 Å². The Morgan fingerprint density at radius 2 is 2.12 bits per heavy atom. The third-order valence-electron chi connectivity index (χ3n) is 5.79. The highest BCUT2D eigenvalue weighted by Crippen LogP contribution is 2.43. The zero-order valence-electron chi connectivity index (χ0n) is 13.7. The van der Waals surface area contributed by atoms with Crippen LogP contribution in [0.5, 0.6) is 0 Å². The first-order valence-electron chi connectivity index (χ1n) is 8.74. The van der Waals surface area contributed by atoms with Gasteiger partial charge in [0.25, 0.3) is 0 Å². The maximum atomic E-state index is 13.1. The van der Waals surface area contributed by atoms with Gasteiger partial charge in [-0.05, 0) is 44.2 Å². The van der Waals surface area contributed by atoms with Crippen LogP contribution in [0.15, 0.2) is 24.5 Å². The van der Waals surface area contributed by atoms with E-state index in [0.717, 1.165) is 24.9 Å². The van der Waals surface area contributed by atoms with E-state index in [1.165, 1.54) is 0 Å². The van der Waals surface area contributed by atoms with Gasteiger partial charge in [-0.1, -0.05) is 0 Å². The molecule has 128 valence electrons. The zero-order chi connectivity index (χ0) is 16.7. The van der Waals surface area contributed by atoms with Gasteiger partial charge >= 0.3 is 0 Å². The van der Waals surface area contributed by atoms with E-state index >= 15 is 0 Å². The molecule has 2 aliphatic heterocycles. The molecule has 0 unspecified atom stereocenters. The average Bonchev–Trinajstić information content (AvgIpc) is 2.89. The molecule has 3 fully saturated rings. The summed E-state index contributed by atoms with van der Waals surface area (Å²) in [4.78, 5) is 33.3. The molecule has 3 heterocycles. The van der Waals surface area contributed by atoms with Crippen molar-refractivity contribution in [2.45, 2.75) is 38.3 Å². The number of nitrogens with zero attached hydrogens (tertiary/aromatic N) is 3. The lowest BCUT2D eigenvalue weighted by Crippen LogP contribution is -2.52. The number of aromatic nitrogens is 1. The van der Waals surface area contributed by atoms with E-state index in [-0.39, 0.29) is 17.7 Å². The molecule has 2 amide bonds. The quantitative estimate of drug-likeness (QED) is 0.835. The summed E-state index contributed by atoms with van der Waals surface area (Å²) >= 11 is 0. The first-order valence-corrected chi connectivity index (χ1v) is 8.74. The van der Waals surface area contributed by atoms with E-state index in [4.69, 9.17) is 0 Å². The second kappa shape index (κ2) is 5.83. The van der Waals surface area contributed by atoms with E-state index in [1.807, 2.05) is 17.0 Å². The fourth-order valence-corrected chi connectivity index (χ4v) is 4.29. The third kappa shape index (κ3) is 2.48. The van der Waals surface area contributed by atoms with Crippen molar-refractivity contribution in [2.75, 3.05) is 24.5 Å². The van der Waals surface area contributed by atoms with Crippen LogP contribution in [0.1, 0.15) is 32.1 Å². The van der Waals surface area contributed by atoms with Crippen molar-refractivity contribution < 1.29 is 14.0 Å². The Balaban J connectivity index is 1.49. The predicted octanol–water partition coefficient (Wildman–Crippen LogP) is 2.18. The van der Waals surface area contributed by atoms with Crippen molar-refractivity contribution >= 4 is 17.5 Å². The number of alkyl halides is 1. The Kier molecular flexibility index (Phi) is 3.77. The Hall–Kier alpha value is -1.98. The lowest BCUT2D eigenvalue weighted by Gasteiger charge is -2.42. The average molecular weight is 331 g/mol. The van der Waals surface area contributed by atoms with Gasteiger partial charge in [-0.3, -0.25) is 14.6 Å². The summed E-state index contributed by atoms with van der Waals surface area (Å²) in [5.74, 6) is -0.0401. The van der Waals surface area contributed by atoms with E-state index in [1.54, 1.807) is 17.3 Å². The molecule has 0 bridgehead atoms. The van der Waals surface area contributed by atoms with Gasteiger partial charge in [-0.2, -0.15) is 0 Å². The highest BCUT2D eigenvalue weighted by atomic mass is 19.1. The minimum atomic E-state index is -0.827. The molecule has 0 N–H and O–H groups in total. The van der Waals surface area contributed by atoms with Crippen LogP contribution in [0, 0.1) is 11.3 Å². The normalized spacial score (nSPS) is 33.0. The molecule has 3 aliphatic rings. The number of halogens is 1. The molecule has 5 nitrogen and oxygen atoms in total. The molecule has 4 rings (SSSR count). The lowest BCUT2D eigenvalue weighted by atomic mass is 9.76. The number of amides is 2. The second-order valence-electron chi connectivity index (χ2n) is 7.33. The van der Waals surface area contributed by atoms with Crippen molar-refractivity contribution in [1.82, 2.24) is 9.88 Å². The van der Waals surface area contributed by atoms with Crippen LogP contribution in [-0.4, -0.2) is 47.5 Å². The van der Waals surface area contributed by atoms with Crippen LogP contribution in [0.25, 0.3) is 0 Å². The number of rotatable bonds is 2. The highest BCUT2D eigenvalue weighted by Gasteiger charge is 2.51. The van der Waals surface area contributed by atoms with Crippen molar-refractivity contribution in [2.24, 2.45) is 11.3 Å². The topological polar surface area (TPSA) is 53.5 Å². The molecule has 24 heavy (non-hydrogen) atoms. The maximum absolute atomic E-state index is 13.1. The summed E-state index contributed by atoms with van der Waals surface area (Å²) in [6.07, 6.45) is 5.69. The number of pyridine rings is 1. The van der Waals surface area contributed by atoms with Crippen LogP contribution >= 0.6 is 0 Å². The first kappa shape index (κ1) is 15.5. The SMILES string of the molecule is O=C(C1CC(F)C1)N1CCC[C@]2(CCN(c3cccnc3)C2=O)C1. The molecular formula is C18H22FN3O2. The van der Waals surface area contributed by atoms with Crippen LogP contribution in [0.3, 0.4) is 0 Å². The predicted molar refractivity (Wildman–Crippen MR) is 87.1 cm³/mol. The first-order chi connectivity index (χ1) is 11.6. The lowest BCUT2D eigenvalue weighted by molar-refractivity contribution is -0.146. The van der Waals surface area contributed by atoms with Crippen LogP contribution in [-0.2, 0) is 9.59 Å². The third-order valence-corrected chi connectivity index (χ3v) is 5.79. The molecule has 1 aliphatic carbocycles. The standard InChI is InChI=1S/C18H22FN3O2/c19-14-9-13(10-14)16(23)21-7-2-4-18(12-21)5-8-22(17(18)24)15-3-1-6-20-11-15/h1,3,6,11,13-14H,2,4-5,7-10,12H2/t13?,14?,18-/m0/s1. The minimum absolute atomic E-state index is 0.0376. The Bertz CT molecular complexity index is 647. The van der Waals surface area contributed by atoms with Crippen molar-refractivity contribution in [3.8, 4) is 0 Å². The summed E-state index contributed by atoms with van der Waals surface area (Å²) in [6.45, 7) is 1.84.